The lowest BCUT2D eigenvalue weighted by Gasteiger charge is -2.25. The molecule has 158 valence electrons. The van der Waals surface area contributed by atoms with Crippen molar-refractivity contribution in [1.82, 2.24) is 19.7 Å². The summed E-state index contributed by atoms with van der Waals surface area (Å²) in [6.45, 7) is 3.65. The third-order valence-corrected chi connectivity index (χ3v) is 5.27. The Kier molecular flexibility index (Phi) is 5.13. The summed E-state index contributed by atoms with van der Waals surface area (Å²) in [6, 6.07) is 15.5. The number of methoxy groups -OCH3 is 1. The Morgan fingerprint density at radius 2 is 1.84 bits per heavy atom. The van der Waals surface area contributed by atoms with E-state index >= 15 is 0 Å². The van der Waals surface area contributed by atoms with Crippen LogP contribution in [0.15, 0.2) is 59.4 Å². The molecule has 2 aromatic carbocycles. The average molecular weight is 418 g/mol. The Morgan fingerprint density at radius 1 is 1.06 bits per heavy atom. The minimum atomic E-state index is -0.0532. The summed E-state index contributed by atoms with van der Waals surface area (Å²) in [5.74, 6) is 2.52. The summed E-state index contributed by atoms with van der Waals surface area (Å²) in [5.41, 5.74) is 3.52. The molecular formula is C23H22N4O4. The van der Waals surface area contributed by atoms with Crippen molar-refractivity contribution in [3.8, 4) is 34.5 Å². The first-order valence-corrected chi connectivity index (χ1v) is 10.1. The Hall–Kier alpha value is -3.65. The van der Waals surface area contributed by atoms with E-state index < -0.39 is 0 Å². The Labute approximate surface area is 179 Å². The van der Waals surface area contributed by atoms with Gasteiger partial charge in [0, 0.05) is 5.56 Å². The van der Waals surface area contributed by atoms with Crippen molar-refractivity contribution in [3.63, 3.8) is 0 Å². The van der Waals surface area contributed by atoms with Crippen LogP contribution in [0, 0.1) is 0 Å². The number of fused-ring (bicyclic) bond motifs is 1. The highest BCUT2D eigenvalue weighted by atomic mass is 16.5. The molecule has 0 spiro atoms. The third-order valence-electron chi connectivity index (χ3n) is 5.27. The largest absolute Gasteiger partial charge is 0.497 e. The molecular weight excluding hydrogens is 396 g/mol. The molecule has 0 radical (unpaired) electrons. The van der Waals surface area contributed by atoms with Gasteiger partial charge in [-0.05, 0) is 48.9 Å². The van der Waals surface area contributed by atoms with Crippen molar-refractivity contribution in [3.05, 3.63) is 66.1 Å². The molecule has 5 rings (SSSR count). The van der Waals surface area contributed by atoms with Gasteiger partial charge in [0.1, 0.15) is 17.6 Å². The topological polar surface area (TPSA) is 84.4 Å². The molecule has 1 aliphatic rings. The zero-order valence-corrected chi connectivity index (χ0v) is 17.3. The zero-order valence-electron chi connectivity index (χ0n) is 17.3. The van der Waals surface area contributed by atoms with Crippen LogP contribution in [0.3, 0.4) is 0 Å². The van der Waals surface area contributed by atoms with Gasteiger partial charge < -0.3 is 23.3 Å². The van der Waals surface area contributed by atoms with E-state index in [1.807, 2.05) is 55.5 Å². The summed E-state index contributed by atoms with van der Waals surface area (Å²) in [5, 5.41) is 4.12. The molecule has 8 heteroatoms. The summed E-state index contributed by atoms with van der Waals surface area (Å²) < 4.78 is 24.4. The van der Waals surface area contributed by atoms with Crippen molar-refractivity contribution in [1.29, 1.82) is 0 Å². The van der Waals surface area contributed by atoms with E-state index in [2.05, 4.69) is 19.7 Å². The average Bonchev–Trinajstić information content (AvgIpc) is 3.46. The van der Waals surface area contributed by atoms with Crippen LogP contribution < -0.4 is 9.47 Å². The molecule has 0 aliphatic carbocycles. The maximum atomic E-state index is 6.11. The number of ether oxygens (including phenoxy) is 3. The lowest BCUT2D eigenvalue weighted by molar-refractivity contribution is 0.00328. The Balaban J connectivity index is 1.35. The summed E-state index contributed by atoms with van der Waals surface area (Å²) in [6.07, 6.45) is 1.74. The first-order valence-electron chi connectivity index (χ1n) is 10.1. The van der Waals surface area contributed by atoms with Gasteiger partial charge >= 0.3 is 0 Å². The van der Waals surface area contributed by atoms with Gasteiger partial charge in [-0.1, -0.05) is 17.3 Å². The third kappa shape index (κ3) is 3.77. The maximum absolute atomic E-state index is 6.11. The van der Waals surface area contributed by atoms with E-state index in [-0.39, 0.29) is 6.10 Å². The van der Waals surface area contributed by atoms with Gasteiger partial charge in [0.2, 0.25) is 5.82 Å². The number of aromatic nitrogens is 4. The monoisotopic (exact) mass is 418 g/mol. The molecule has 2 aromatic heterocycles. The quantitative estimate of drug-likeness (QED) is 0.462. The lowest BCUT2D eigenvalue weighted by Crippen LogP contribution is -2.20. The molecule has 0 saturated heterocycles. The van der Waals surface area contributed by atoms with Crippen LogP contribution in [0.1, 0.15) is 24.3 Å². The van der Waals surface area contributed by atoms with Crippen LogP contribution in [0.25, 0.3) is 23.0 Å². The minimum absolute atomic E-state index is 0.0532. The molecule has 8 nitrogen and oxygen atoms in total. The van der Waals surface area contributed by atoms with Crippen LogP contribution in [-0.2, 0) is 17.9 Å². The molecule has 0 amide bonds. The van der Waals surface area contributed by atoms with Crippen LogP contribution >= 0.6 is 0 Å². The van der Waals surface area contributed by atoms with Crippen LogP contribution in [-0.4, -0.2) is 33.4 Å². The lowest BCUT2D eigenvalue weighted by atomic mass is 10.1. The van der Waals surface area contributed by atoms with E-state index in [0.717, 1.165) is 28.3 Å². The van der Waals surface area contributed by atoms with Crippen molar-refractivity contribution in [2.75, 3.05) is 13.7 Å². The minimum Gasteiger partial charge on any atom is -0.497 e. The standard InChI is InChI=1S/C23H22N4O4/c1-3-29-18-10-6-16(7-11-18)22-25-23(31-26-22)21-19-13-30-20(12-27(19)14-24-21)15-4-8-17(28-2)9-5-15/h4-11,14,20H,3,12-13H2,1-2H3/t20-/m0/s1. The fourth-order valence-corrected chi connectivity index (χ4v) is 3.63. The predicted molar refractivity (Wildman–Crippen MR) is 113 cm³/mol. The molecule has 3 heterocycles. The zero-order chi connectivity index (χ0) is 21.2. The maximum Gasteiger partial charge on any atom is 0.278 e. The predicted octanol–water partition coefficient (Wildman–Crippen LogP) is 4.28. The highest BCUT2D eigenvalue weighted by molar-refractivity contribution is 5.59. The van der Waals surface area contributed by atoms with E-state index in [9.17, 15) is 0 Å². The number of hydrogen-bond donors (Lipinski definition) is 0. The number of rotatable bonds is 6. The molecule has 0 bridgehead atoms. The van der Waals surface area contributed by atoms with Gasteiger partial charge in [-0.2, -0.15) is 4.98 Å². The fraction of sp³-hybridized carbons (Fsp3) is 0.261. The van der Waals surface area contributed by atoms with Crippen LogP contribution in [0.4, 0.5) is 0 Å². The second-order valence-corrected chi connectivity index (χ2v) is 7.15. The molecule has 0 fully saturated rings. The molecule has 1 atom stereocenters. The normalized spacial score (nSPS) is 15.5. The fourth-order valence-electron chi connectivity index (χ4n) is 3.63. The van der Waals surface area contributed by atoms with Crippen LogP contribution in [0.2, 0.25) is 0 Å². The molecule has 31 heavy (non-hydrogen) atoms. The second kappa shape index (κ2) is 8.23. The van der Waals surface area contributed by atoms with Gasteiger partial charge in [0.15, 0.2) is 5.69 Å². The van der Waals surface area contributed by atoms with E-state index in [0.29, 0.717) is 37.2 Å². The summed E-state index contributed by atoms with van der Waals surface area (Å²) >= 11 is 0. The van der Waals surface area contributed by atoms with E-state index in [4.69, 9.17) is 18.7 Å². The molecule has 0 N–H and O–H groups in total. The second-order valence-electron chi connectivity index (χ2n) is 7.15. The van der Waals surface area contributed by atoms with Crippen molar-refractivity contribution in [2.24, 2.45) is 0 Å². The molecule has 0 unspecified atom stereocenters. The van der Waals surface area contributed by atoms with Gasteiger partial charge in [-0.25, -0.2) is 4.98 Å². The molecule has 0 saturated carbocycles. The van der Waals surface area contributed by atoms with E-state index in [1.54, 1.807) is 13.4 Å². The van der Waals surface area contributed by atoms with Gasteiger partial charge in [0.05, 0.1) is 38.9 Å². The SMILES string of the molecule is CCOc1ccc(-c2noc(-c3ncn4c3CO[C@H](c3ccc(OC)cc3)C4)n2)cc1. The number of nitrogens with zero attached hydrogens (tertiary/aromatic N) is 4. The smallest absolute Gasteiger partial charge is 0.278 e. The Morgan fingerprint density at radius 3 is 2.58 bits per heavy atom. The van der Waals surface area contributed by atoms with Crippen molar-refractivity contribution in [2.45, 2.75) is 26.2 Å². The number of benzene rings is 2. The highest BCUT2D eigenvalue weighted by Crippen LogP contribution is 2.32. The first-order chi connectivity index (χ1) is 15.2. The summed E-state index contributed by atoms with van der Waals surface area (Å²) in [4.78, 5) is 9.05. The van der Waals surface area contributed by atoms with Gasteiger partial charge in [-0.3, -0.25) is 0 Å². The molecule has 4 aromatic rings. The Bertz CT molecular complexity index is 1170. The van der Waals surface area contributed by atoms with Crippen molar-refractivity contribution >= 4 is 0 Å². The van der Waals surface area contributed by atoms with E-state index in [1.165, 1.54) is 0 Å². The number of imidazole rings is 1. The van der Waals surface area contributed by atoms with Gasteiger partial charge in [0.25, 0.3) is 5.89 Å². The summed E-state index contributed by atoms with van der Waals surface area (Å²) in [7, 11) is 1.66. The molecule has 1 aliphatic heterocycles. The van der Waals surface area contributed by atoms with Crippen LogP contribution in [0.5, 0.6) is 11.5 Å². The van der Waals surface area contributed by atoms with Crippen molar-refractivity contribution < 1.29 is 18.7 Å². The highest BCUT2D eigenvalue weighted by Gasteiger charge is 2.26. The van der Waals surface area contributed by atoms with Gasteiger partial charge in [-0.15, -0.1) is 0 Å². The first kappa shape index (κ1) is 19.3. The number of hydrogen-bond acceptors (Lipinski definition) is 7.